The molecule has 1 fully saturated rings. The van der Waals surface area contributed by atoms with Crippen LogP contribution in [0.3, 0.4) is 0 Å². The summed E-state index contributed by atoms with van der Waals surface area (Å²) in [6.45, 7) is -0.218. The summed E-state index contributed by atoms with van der Waals surface area (Å²) in [5.74, 6) is -0.607. The molecular formula is C25H17BrFNO4S. The lowest BCUT2D eigenvalue weighted by Gasteiger charge is -2.11. The van der Waals surface area contributed by atoms with E-state index in [1.807, 2.05) is 0 Å². The van der Waals surface area contributed by atoms with Crippen molar-refractivity contribution in [3.63, 3.8) is 0 Å². The van der Waals surface area contributed by atoms with E-state index < -0.39 is 11.1 Å². The molecule has 166 valence electrons. The number of hydrogen-bond acceptors (Lipinski definition) is 5. The Kier molecular flexibility index (Phi) is 7.05. The normalized spacial score (nSPS) is 14.7. The van der Waals surface area contributed by atoms with Crippen LogP contribution in [-0.4, -0.2) is 28.4 Å². The molecule has 5 nitrogen and oxygen atoms in total. The van der Waals surface area contributed by atoms with Gasteiger partial charge >= 0.3 is 0 Å². The first-order valence-corrected chi connectivity index (χ1v) is 11.5. The Morgan fingerprint density at radius 3 is 2.39 bits per heavy atom. The van der Waals surface area contributed by atoms with E-state index in [0.29, 0.717) is 22.4 Å². The third-order valence-electron chi connectivity index (χ3n) is 4.87. The number of carbonyl (C=O) groups excluding carboxylic acids is 3. The summed E-state index contributed by atoms with van der Waals surface area (Å²) < 4.78 is 20.1. The molecule has 0 atom stereocenters. The van der Waals surface area contributed by atoms with Crippen molar-refractivity contribution >= 4 is 50.7 Å². The molecule has 1 aliphatic rings. The van der Waals surface area contributed by atoms with Crippen LogP contribution in [0.5, 0.6) is 5.75 Å². The molecule has 0 radical (unpaired) electrons. The van der Waals surface area contributed by atoms with E-state index in [2.05, 4.69) is 15.9 Å². The number of hydrogen-bond donors (Lipinski definition) is 0. The van der Waals surface area contributed by atoms with E-state index >= 15 is 0 Å². The highest BCUT2D eigenvalue weighted by molar-refractivity contribution is 9.10. The van der Waals surface area contributed by atoms with Crippen LogP contribution in [-0.2, 0) is 11.4 Å². The van der Waals surface area contributed by atoms with Crippen LogP contribution in [0.15, 0.2) is 82.2 Å². The van der Waals surface area contributed by atoms with Gasteiger partial charge in [0.1, 0.15) is 18.2 Å². The molecule has 1 aliphatic heterocycles. The molecule has 3 aromatic carbocycles. The number of ketones is 1. The fourth-order valence-electron chi connectivity index (χ4n) is 3.10. The number of thioether (sulfide) groups is 1. The number of nitrogens with zero attached hydrogens (tertiary/aromatic N) is 1. The predicted octanol–water partition coefficient (Wildman–Crippen LogP) is 6.09. The first-order valence-electron chi connectivity index (χ1n) is 9.91. The van der Waals surface area contributed by atoms with Gasteiger partial charge in [-0.25, -0.2) is 4.39 Å². The summed E-state index contributed by atoms with van der Waals surface area (Å²) in [4.78, 5) is 38.7. The molecule has 0 aromatic heterocycles. The van der Waals surface area contributed by atoms with Crippen molar-refractivity contribution < 1.29 is 23.5 Å². The molecular weight excluding hydrogens is 509 g/mol. The van der Waals surface area contributed by atoms with Crippen molar-refractivity contribution in [1.82, 2.24) is 4.90 Å². The fourth-order valence-corrected chi connectivity index (χ4v) is 4.20. The number of rotatable bonds is 7. The fraction of sp³-hybridized carbons (Fsp3) is 0.0800. The van der Waals surface area contributed by atoms with Crippen LogP contribution in [0.25, 0.3) is 6.08 Å². The van der Waals surface area contributed by atoms with Crippen LogP contribution in [0.1, 0.15) is 21.5 Å². The van der Waals surface area contributed by atoms with Gasteiger partial charge in [-0.05, 0) is 53.7 Å². The summed E-state index contributed by atoms with van der Waals surface area (Å²) in [6, 6.07) is 20.0. The molecule has 0 unspecified atom stereocenters. The lowest BCUT2D eigenvalue weighted by Crippen LogP contribution is -2.33. The van der Waals surface area contributed by atoms with Crippen molar-refractivity contribution in [2.75, 3.05) is 6.54 Å². The smallest absolute Gasteiger partial charge is 0.293 e. The van der Waals surface area contributed by atoms with Gasteiger partial charge in [-0.15, -0.1) is 0 Å². The number of Topliss-reactive ketones (excluding diaryl/α,β-unsaturated/α-hetero) is 1. The second-order valence-corrected chi connectivity index (χ2v) is 9.06. The van der Waals surface area contributed by atoms with Crippen LogP contribution in [0.4, 0.5) is 9.18 Å². The molecule has 0 aliphatic carbocycles. The van der Waals surface area contributed by atoms with E-state index in [1.54, 1.807) is 72.8 Å². The van der Waals surface area contributed by atoms with Gasteiger partial charge in [-0.1, -0.05) is 58.4 Å². The summed E-state index contributed by atoms with van der Waals surface area (Å²) in [6.07, 6.45) is 1.59. The molecule has 33 heavy (non-hydrogen) atoms. The second-order valence-electron chi connectivity index (χ2n) is 7.15. The molecule has 1 saturated heterocycles. The van der Waals surface area contributed by atoms with E-state index in [-0.39, 0.29) is 29.7 Å². The Balaban J connectivity index is 1.40. The number of carbonyl (C=O) groups is 3. The second kappa shape index (κ2) is 10.1. The van der Waals surface area contributed by atoms with Gasteiger partial charge in [0.25, 0.3) is 11.1 Å². The van der Waals surface area contributed by atoms with Crippen LogP contribution < -0.4 is 4.74 Å². The summed E-state index contributed by atoms with van der Waals surface area (Å²) >= 11 is 4.10. The summed E-state index contributed by atoms with van der Waals surface area (Å²) in [5, 5.41) is -0.485. The Morgan fingerprint density at radius 1 is 1.00 bits per heavy atom. The highest BCUT2D eigenvalue weighted by Crippen LogP contribution is 2.32. The first-order chi connectivity index (χ1) is 15.9. The Hall–Kier alpha value is -3.23. The van der Waals surface area contributed by atoms with Crippen molar-refractivity contribution in [2.45, 2.75) is 6.61 Å². The van der Waals surface area contributed by atoms with Gasteiger partial charge < -0.3 is 4.74 Å². The molecule has 3 aromatic rings. The van der Waals surface area contributed by atoms with Gasteiger partial charge in [0.15, 0.2) is 5.78 Å². The molecule has 0 saturated carbocycles. The lowest BCUT2D eigenvalue weighted by molar-refractivity contribution is -0.122. The van der Waals surface area contributed by atoms with E-state index in [4.69, 9.17) is 4.74 Å². The highest BCUT2D eigenvalue weighted by Gasteiger charge is 2.36. The molecule has 0 spiro atoms. The zero-order valence-corrected chi connectivity index (χ0v) is 19.6. The van der Waals surface area contributed by atoms with E-state index in [9.17, 15) is 18.8 Å². The largest absolute Gasteiger partial charge is 0.489 e. The van der Waals surface area contributed by atoms with Gasteiger partial charge in [0.05, 0.1) is 11.4 Å². The number of ether oxygens (including phenoxy) is 1. The first kappa shape index (κ1) is 22.9. The minimum absolute atomic E-state index is 0.0945. The monoisotopic (exact) mass is 525 g/mol. The zero-order chi connectivity index (χ0) is 23.4. The molecule has 1 heterocycles. The maximum atomic E-state index is 13.7. The van der Waals surface area contributed by atoms with Gasteiger partial charge in [-0.3, -0.25) is 19.3 Å². The SMILES string of the molecule is O=C(CN1C(=O)S/C(=C/c2ccc(OCc3ccccc3F)cc2)C1=O)c1ccc(Br)cc1. The number of halogens is 2. The number of benzene rings is 3. The quantitative estimate of drug-likeness (QED) is 0.276. The van der Waals surface area contributed by atoms with E-state index in [1.165, 1.54) is 6.07 Å². The van der Waals surface area contributed by atoms with Gasteiger partial charge in [0.2, 0.25) is 0 Å². The standard InChI is InChI=1S/C25H17BrFNO4S/c26-19-9-7-17(8-10-19)22(29)14-28-24(30)23(33-25(28)31)13-16-5-11-20(12-6-16)32-15-18-3-1-2-4-21(18)27/h1-13H,14-15H2/b23-13+. The topological polar surface area (TPSA) is 63.7 Å². The van der Waals surface area contributed by atoms with Crippen molar-refractivity contribution in [2.24, 2.45) is 0 Å². The third kappa shape index (κ3) is 5.58. The third-order valence-corrected chi connectivity index (χ3v) is 6.31. The number of imide groups is 1. The van der Waals surface area contributed by atoms with Crippen molar-refractivity contribution in [1.29, 1.82) is 0 Å². The number of amides is 2. The van der Waals surface area contributed by atoms with Gasteiger partial charge in [-0.2, -0.15) is 0 Å². The average molecular weight is 526 g/mol. The zero-order valence-electron chi connectivity index (χ0n) is 17.2. The molecule has 4 rings (SSSR count). The van der Waals surface area contributed by atoms with Gasteiger partial charge in [0, 0.05) is 15.6 Å². The van der Waals surface area contributed by atoms with Crippen LogP contribution >= 0.6 is 27.7 Å². The Bertz CT molecular complexity index is 1240. The molecule has 2 amide bonds. The predicted molar refractivity (Wildman–Crippen MR) is 128 cm³/mol. The lowest BCUT2D eigenvalue weighted by atomic mass is 10.1. The summed E-state index contributed by atoms with van der Waals surface area (Å²) in [5.41, 5.74) is 1.57. The van der Waals surface area contributed by atoms with E-state index in [0.717, 1.165) is 21.1 Å². The molecule has 0 N–H and O–H groups in total. The maximum Gasteiger partial charge on any atom is 0.293 e. The molecule has 0 bridgehead atoms. The Labute approximate surface area is 202 Å². The minimum atomic E-state index is -0.504. The Morgan fingerprint density at radius 2 is 1.70 bits per heavy atom. The molecule has 8 heteroatoms. The van der Waals surface area contributed by atoms with Crippen LogP contribution in [0, 0.1) is 5.82 Å². The maximum absolute atomic E-state index is 13.7. The average Bonchev–Trinajstić information content (AvgIpc) is 3.07. The van der Waals surface area contributed by atoms with Crippen LogP contribution in [0.2, 0.25) is 0 Å². The van der Waals surface area contributed by atoms with Crippen molar-refractivity contribution in [3.8, 4) is 5.75 Å². The minimum Gasteiger partial charge on any atom is -0.489 e. The summed E-state index contributed by atoms with van der Waals surface area (Å²) in [7, 11) is 0. The highest BCUT2D eigenvalue weighted by atomic mass is 79.9. The van der Waals surface area contributed by atoms with Crippen molar-refractivity contribution in [3.05, 3.63) is 105 Å².